The Balaban J connectivity index is 2.27. The Labute approximate surface area is 113 Å². The van der Waals surface area contributed by atoms with E-state index in [9.17, 15) is 8.42 Å². The van der Waals surface area contributed by atoms with Gasteiger partial charge in [0.25, 0.3) is 0 Å². The lowest BCUT2D eigenvalue weighted by molar-refractivity contribution is 0.161. The lowest BCUT2D eigenvalue weighted by atomic mass is 10.1. The molecule has 1 fully saturated rings. The minimum Gasteiger partial charge on any atom is -0.396 e. The fraction of sp³-hybridized carbons (Fsp3) is 0.500. The average molecular weight is 285 g/mol. The average Bonchev–Trinajstić information content (AvgIpc) is 2.76. The van der Waals surface area contributed by atoms with Gasteiger partial charge in [0.1, 0.15) is 4.90 Å². The highest BCUT2D eigenvalue weighted by molar-refractivity contribution is 7.89. The highest BCUT2D eigenvalue weighted by Crippen LogP contribution is 2.32. The number of methoxy groups -OCH3 is 1. The number of benzene rings is 1. The van der Waals surface area contributed by atoms with Gasteiger partial charge in [-0.1, -0.05) is 6.07 Å². The van der Waals surface area contributed by atoms with Crippen LogP contribution in [0.25, 0.3) is 0 Å². The number of ether oxygens (including phenoxy) is 1. The van der Waals surface area contributed by atoms with E-state index >= 15 is 0 Å². The quantitative estimate of drug-likeness (QED) is 0.780. The van der Waals surface area contributed by atoms with E-state index in [4.69, 9.17) is 15.6 Å². The van der Waals surface area contributed by atoms with Gasteiger partial charge in [0, 0.05) is 26.1 Å². The van der Waals surface area contributed by atoms with Crippen molar-refractivity contribution in [3.8, 4) is 0 Å². The Morgan fingerprint density at radius 3 is 2.84 bits per heavy atom. The first-order valence-electron chi connectivity index (χ1n) is 6.08. The number of para-hydroxylation sites is 1. The maximum Gasteiger partial charge on any atom is 0.240 e. The van der Waals surface area contributed by atoms with Crippen LogP contribution in [0.2, 0.25) is 0 Å². The highest BCUT2D eigenvalue weighted by Gasteiger charge is 2.25. The zero-order chi connectivity index (χ0) is 14.0. The summed E-state index contributed by atoms with van der Waals surface area (Å²) in [6.07, 6.45) is 1.01. The van der Waals surface area contributed by atoms with Gasteiger partial charge in [-0.25, -0.2) is 13.6 Å². The number of primary sulfonamides is 1. The Bertz CT molecular complexity index is 559. The van der Waals surface area contributed by atoms with Gasteiger partial charge < -0.3 is 15.4 Å². The van der Waals surface area contributed by atoms with Gasteiger partial charge in [-0.3, -0.25) is 0 Å². The summed E-state index contributed by atoms with van der Waals surface area (Å²) in [5, 5.41) is 5.15. The topological polar surface area (TPSA) is 98.6 Å². The van der Waals surface area contributed by atoms with E-state index in [1.54, 1.807) is 13.2 Å². The molecule has 0 amide bonds. The number of nitrogens with zero attached hydrogens (tertiary/aromatic N) is 1. The highest BCUT2D eigenvalue weighted by atomic mass is 32.2. The fourth-order valence-corrected chi connectivity index (χ4v) is 3.16. The lowest BCUT2D eigenvalue weighted by Gasteiger charge is -2.21. The molecule has 2 rings (SSSR count). The molecular formula is C12H19N3O3S. The van der Waals surface area contributed by atoms with Gasteiger partial charge in [-0.05, 0) is 18.6 Å². The molecule has 106 valence electrons. The standard InChI is InChI=1S/C12H19N3O3S/c1-18-8-9-5-6-15(7-9)10-3-2-4-11(12(10)13)19(14,16)17/h2-4,9H,5-8,13H2,1H3,(H2,14,16,17). The second-order valence-electron chi connectivity index (χ2n) is 4.79. The SMILES string of the molecule is COCC1CCN(c2cccc(S(N)(=O)=O)c2N)C1. The Hall–Kier alpha value is -1.31. The zero-order valence-corrected chi connectivity index (χ0v) is 11.7. The number of nitrogens with two attached hydrogens (primary N) is 2. The van der Waals surface area contributed by atoms with E-state index in [0.29, 0.717) is 12.5 Å². The second-order valence-corrected chi connectivity index (χ2v) is 6.32. The molecule has 1 heterocycles. The number of hydrogen-bond acceptors (Lipinski definition) is 5. The number of rotatable bonds is 4. The molecule has 1 aliphatic heterocycles. The smallest absolute Gasteiger partial charge is 0.240 e. The molecule has 0 aromatic heterocycles. The molecule has 1 aliphatic rings. The molecule has 0 bridgehead atoms. The summed E-state index contributed by atoms with van der Waals surface area (Å²) in [4.78, 5) is 2.06. The summed E-state index contributed by atoms with van der Waals surface area (Å²) in [5.74, 6) is 0.447. The molecule has 6 nitrogen and oxygen atoms in total. The van der Waals surface area contributed by atoms with Crippen LogP contribution in [0, 0.1) is 5.92 Å². The van der Waals surface area contributed by atoms with Crippen LogP contribution in [0.5, 0.6) is 0 Å². The first-order chi connectivity index (χ1) is 8.93. The van der Waals surface area contributed by atoms with Gasteiger partial charge in [-0.15, -0.1) is 0 Å². The van der Waals surface area contributed by atoms with E-state index < -0.39 is 10.0 Å². The minimum atomic E-state index is -3.79. The van der Waals surface area contributed by atoms with Gasteiger partial charge in [-0.2, -0.15) is 0 Å². The molecule has 19 heavy (non-hydrogen) atoms. The summed E-state index contributed by atoms with van der Waals surface area (Å²) < 4.78 is 28.0. The van der Waals surface area contributed by atoms with Crippen LogP contribution in [0.4, 0.5) is 11.4 Å². The van der Waals surface area contributed by atoms with Crippen LogP contribution >= 0.6 is 0 Å². The minimum absolute atomic E-state index is 0.0137. The molecular weight excluding hydrogens is 266 g/mol. The first-order valence-corrected chi connectivity index (χ1v) is 7.63. The molecule has 1 saturated heterocycles. The molecule has 1 aromatic carbocycles. The number of hydrogen-bond donors (Lipinski definition) is 2. The molecule has 1 unspecified atom stereocenters. The van der Waals surface area contributed by atoms with Gasteiger partial charge in [0.2, 0.25) is 10.0 Å². The maximum atomic E-state index is 11.4. The van der Waals surface area contributed by atoms with Crippen LogP contribution in [0.15, 0.2) is 23.1 Å². The normalized spacial score (nSPS) is 19.9. The Kier molecular flexibility index (Phi) is 3.98. The molecule has 0 radical (unpaired) electrons. The Morgan fingerprint density at radius 1 is 1.47 bits per heavy atom. The lowest BCUT2D eigenvalue weighted by Crippen LogP contribution is -2.23. The molecule has 0 spiro atoms. The zero-order valence-electron chi connectivity index (χ0n) is 10.9. The van der Waals surface area contributed by atoms with Crippen molar-refractivity contribution in [1.82, 2.24) is 0 Å². The third-order valence-corrected chi connectivity index (χ3v) is 4.35. The van der Waals surface area contributed by atoms with Crippen molar-refractivity contribution >= 4 is 21.4 Å². The summed E-state index contributed by atoms with van der Waals surface area (Å²) in [6.45, 7) is 2.35. The predicted octanol–water partition coefficient (Wildman–Crippen LogP) is 0.389. The van der Waals surface area contributed by atoms with Crippen molar-refractivity contribution in [3.05, 3.63) is 18.2 Å². The first kappa shape index (κ1) is 14.1. The van der Waals surface area contributed by atoms with Gasteiger partial charge in [0.05, 0.1) is 18.0 Å². The molecule has 4 N–H and O–H groups in total. The second kappa shape index (κ2) is 5.36. The van der Waals surface area contributed by atoms with Crippen molar-refractivity contribution < 1.29 is 13.2 Å². The molecule has 1 atom stereocenters. The molecule has 1 aromatic rings. The van der Waals surface area contributed by atoms with Crippen molar-refractivity contribution in [2.75, 3.05) is 37.4 Å². The number of anilines is 2. The predicted molar refractivity (Wildman–Crippen MR) is 74.4 cm³/mol. The van der Waals surface area contributed by atoms with Crippen molar-refractivity contribution in [3.63, 3.8) is 0 Å². The maximum absolute atomic E-state index is 11.4. The van der Waals surface area contributed by atoms with Gasteiger partial charge in [0.15, 0.2) is 0 Å². The van der Waals surface area contributed by atoms with Crippen LogP contribution in [0.3, 0.4) is 0 Å². The summed E-state index contributed by atoms with van der Waals surface area (Å²) in [6, 6.07) is 4.91. The summed E-state index contributed by atoms with van der Waals surface area (Å²) in [5.41, 5.74) is 6.89. The number of nitrogen functional groups attached to an aromatic ring is 1. The summed E-state index contributed by atoms with van der Waals surface area (Å²) >= 11 is 0. The van der Waals surface area contributed by atoms with E-state index in [-0.39, 0.29) is 10.6 Å². The van der Waals surface area contributed by atoms with Crippen LogP contribution in [0.1, 0.15) is 6.42 Å². The van der Waals surface area contributed by atoms with Crippen molar-refractivity contribution in [2.45, 2.75) is 11.3 Å². The van der Waals surface area contributed by atoms with E-state index in [1.165, 1.54) is 6.07 Å². The molecule has 0 aliphatic carbocycles. The fourth-order valence-electron chi connectivity index (χ4n) is 2.48. The van der Waals surface area contributed by atoms with E-state index in [0.717, 1.165) is 25.2 Å². The van der Waals surface area contributed by atoms with E-state index in [1.807, 2.05) is 6.07 Å². The third-order valence-electron chi connectivity index (χ3n) is 3.38. The summed E-state index contributed by atoms with van der Waals surface area (Å²) in [7, 11) is -2.11. The van der Waals surface area contributed by atoms with Crippen molar-refractivity contribution in [2.24, 2.45) is 11.1 Å². The van der Waals surface area contributed by atoms with E-state index in [2.05, 4.69) is 4.90 Å². The Morgan fingerprint density at radius 2 is 2.21 bits per heavy atom. The largest absolute Gasteiger partial charge is 0.396 e. The van der Waals surface area contributed by atoms with Crippen LogP contribution < -0.4 is 15.8 Å². The van der Waals surface area contributed by atoms with Crippen LogP contribution in [-0.4, -0.2) is 35.2 Å². The molecule has 0 saturated carbocycles. The third kappa shape index (κ3) is 2.99. The van der Waals surface area contributed by atoms with Crippen molar-refractivity contribution in [1.29, 1.82) is 0 Å². The molecule has 7 heteroatoms. The monoisotopic (exact) mass is 285 g/mol. The van der Waals surface area contributed by atoms with Crippen LogP contribution in [-0.2, 0) is 14.8 Å². The number of sulfonamides is 1. The van der Waals surface area contributed by atoms with Gasteiger partial charge >= 0.3 is 0 Å².